The zero-order valence-electron chi connectivity index (χ0n) is 21.0. The van der Waals surface area contributed by atoms with Gasteiger partial charge in [-0.15, -0.1) is 0 Å². The average Bonchev–Trinajstić information content (AvgIpc) is 3.46. The van der Waals surface area contributed by atoms with Crippen molar-refractivity contribution in [1.29, 1.82) is 0 Å². The number of hydrogen-bond donors (Lipinski definition) is 2. The van der Waals surface area contributed by atoms with E-state index in [0.29, 0.717) is 18.2 Å². The highest BCUT2D eigenvalue weighted by atomic mass is 16.5. The molecule has 2 bridgehead atoms. The molecule has 0 radical (unpaired) electrons. The van der Waals surface area contributed by atoms with Crippen molar-refractivity contribution < 1.29 is 19.1 Å². The predicted octanol–water partition coefficient (Wildman–Crippen LogP) is 3.58. The largest absolute Gasteiger partial charge is 0.359 e. The fraction of sp³-hybridized carbons (Fsp3) is 0.607. The number of nitrogens with zero attached hydrogens (tertiary/aromatic N) is 1. The summed E-state index contributed by atoms with van der Waals surface area (Å²) in [4.78, 5) is 42.8. The number of amides is 3. The van der Waals surface area contributed by atoms with Gasteiger partial charge in [-0.2, -0.15) is 0 Å². The lowest BCUT2D eigenvalue weighted by Gasteiger charge is -2.36. The lowest BCUT2D eigenvalue weighted by atomic mass is 9.74. The molecule has 0 aromatic heterocycles. The third-order valence-electron chi connectivity index (χ3n) is 8.40. The summed E-state index contributed by atoms with van der Waals surface area (Å²) in [5, 5.41) is 6.26. The van der Waals surface area contributed by atoms with E-state index in [0.717, 1.165) is 37.7 Å². The minimum atomic E-state index is -1.09. The van der Waals surface area contributed by atoms with Crippen LogP contribution < -0.4 is 10.6 Å². The SMILES string of the molecule is CCCCN1C(=O)[C@H]2[C@H](C(=O)Nc3cccc(C)c3)[C@H]3C=C[C@@]2(O3)[C@@H]1C(=O)N[C@H]1CCCC[C@@H]1C. The lowest BCUT2D eigenvalue weighted by molar-refractivity contribution is -0.141. The van der Waals surface area contributed by atoms with Crippen molar-refractivity contribution in [2.45, 2.75) is 83.1 Å². The van der Waals surface area contributed by atoms with Crippen LogP contribution in [0.1, 0.15) is 57.9 Å². The topological polar surface area (TPSA) is 87.7 Å². The van der Waals surface area contributed by atoms with Crippen LogP contribution in [-0.4, -0.2) is 53.0 Å². The molecule has 3 amide bonds. The molecule has 2 N–H and O–H groups in total. The van der Waals surface area contributed by atoms with Gasteiger partial charge in [-0.05, 0) is 49.8 Å². The van der Waals surface area contributed by atoms with Crippen LogP contribution in [0, 0.1) is 24.7 Å². The molecule has 4 aliphatic rings. The molecule has 35 heavy (non-hydrogen) atoms. The third-order valence-corrected chi connectivity index (χ3v) is 8.40. The molecule has 7 atom stereocenters. The first-order valence-electron chi connectivity index (χ1n) is 13.2. The normalized spacial score (nSPS) is 35.3. The Morgan fingerprint density at radius 1 is 1.20 bits per heavy atom. The highest BCUT2D eigenvalue weighted by molar-refractivity contribution is 6.02. The summed E-state index contributed by atoms with van der Waals surface area (Å²) >= 11 is 0. The van der Waals surface area contributed by atoms with E-state index in [1.165, 1.54) is 6.42 Å². The van der Waals surface area contributed by atoms with Gasteiger partial charge in [0, 0.05) is 18.3 Å². The Balaban J connectivity index is 1.43. The molecular formula is C28H37N3O4. The van der Waals surface area contributed by atoms with Crippen molar-refractivity contribution in [1.82, 2.24) is 10.2 Å². The number of ether oxygens (including phenoxy) is 1. The maximum Gasteiger partial charge on any atom is 0.246 e. The molecule has 7 nitrogen and oxygen atoms in total. The number of rotatable bonds is 7. The second-order valence-corrected chi connectivity index (χ2v) is 10.8. The number of anilines is 1. The summed E-state index contributed by atoms with van der Waals surface area (Å²) in [5.74, 6) is -1.48. The summed E-state index contributed by atoms with van der Waals surface area (Å²) < 4.78 is 6.41. The van der Waals surface area contributed by atoms with Gasteiger partial charge in [0.25, 0.3) is 0 Å². The number of carbonyl (C=O) groups is 3. The van der Waals surface area contributed by atoms with Gasteiger partial charge in [0.1, 0.15) is 11.6 Å². The van der Waals surface area contributed by atoms with Crippen LogP contribution in [0.3, 0.4) is 0 Å². The Morgan fingerprint density at radius 2 is 2.00 bits per heavy atom. The Labute approximate surface area is 207 Å². The van der Waals surface area contributed by atoms with E-state index < -0.39 is 29.6 Å². The number of aryl methyl sites for hydroxylation is 1. The van der Waals surface area contributed by atoms with Crippen LogP contribution in [-0.2, 0) is 19.1 Å². The van der Waals surface area contributed by atoms with E-state index in [-0.39, 0.29) is 23.8 Å². The monoisotopic (exact) mass is 479 g/mol. The molecule has 3 heterocycles. The molecule has 1 saturated carbocycles. The summed E-state index contributed by atoms with van der Waals surface area (Å²) in [7, 11) is 0. The maximum absolute atomic E-state index is 13.8. The maximum atomic E-state index is 13.8. The van der Waals surface area contributed by atoms with Crippen LogP contribution in [0.25, 0.3) is 0 Å². The van der Waals surface area contributed by atoms with Gasteiger partial charge in [-0.1, -0.05) is 57.4 Å². The zero-order valence-corrected chi connectivity index (χ0v) is 21.0. The van der Waals surface area contributed by atoms with Gasteiger partial charge in [0.15, 0.2) is 0 Å². The second-order valence-electron chi connectivity index (χ2n) is 10.8. The summed E-state index contributed by atoms with van der Waals surface area (Å²) in [5.41, 5.74) is 0.649. The Hall–Kier alpha value is -2.67. The van der Waals surface area contributed by atoms with E-state index in [4.69, 9.17) is 4.74 Å². The van der Waals surface area contributed by atoms with Crippen molar-refractivity contribution in [3.8, 4) is 0 Å². The first kappa shape index (κ1) is 24.0. The van der Waals surface area contributed by atoms with Gasteiger partial charge in [-0.3, -0.25) is 14.4 Å². The van der Waals surface area contributed by atoms with Crippen molar-refractivity contribution >= 4 is 23.4 Å². The van der Waals surface area contributed by atoms with Crippen LogP contribution >= 0.6 is 0 Å². The molecule has 1 spiro atoms. The van der Waals surface area contributed by atoms with E-state index in [2.05, 4.69) is 24.5 Å². The number of likely N-dealkylation sites (tertiary alicyclic amines) is 1. The Morgan fingerprint density at radius 3 is 2.74 bits per heavy atom. The number of benzene rings is 1. The molecule has 1 aromatic carbocycles. The van der Waals surface area contributed by atoms with E-state index in [1.54, 1.807) is 4.90 Å². The van der Waals surface area contributed by atoms with Crippen LogP contribution in [0.2, 0.25) is 0 Å². The molecular weight excluding hydrogens is 442 g/mol. The predicted molar refractivity (Wildman–Crippen MR) is 134 cm³/mol. The first-order chi connectivity index (χ1) is 16.9. The highest BCUT2D eigenvalue weighted by Gasteiger charge is 2.72. The summed E-state index contributed by atoms with van der Waals surface area (Å²) in [6, 6.07) is 6.97. The smallest absolute Gasteiger partial charge is 0.246 e. The van der Waals surface area contributed by atoms with E-state index >= 15 is 0 Å². The minimum absolute atomic E-state index is 0.109. The fourth-order valence-electron chi connectivity index (χ4n) is 6.58. The fourth-order valence-corrected chi connectivity index (χ4v) is 6.58. The number of nitrogens with one attached hydrogen (secondary N) is 2. The van der Waals surface area contributed by atoms with Gasteiger partial charge >= 0.3 is 0 Å². The van der Waals surface area contributed by atoms with Gasteiger partial charge in [-0.25, -0.2) is 0 Å². The van der Waals surface area contributed by atoms with Crippen LogP contribution in [0.15, 0.2) is 36.4 Å². The molecule has 1 aromatic rings. The van der Waals surface area contributed by atoms with Crippen LogP contribution in [0.5, 0.6) is 0 Å². The van der Waals surface area contributed by atoms with E-state index in [1.807, 2.05) is 43.3 Å². The number of fused-ring (bicyclic) bond motifs is 1. The molecule has 3 fully saturated rings. The molecule has 0 unspecified atom stereocenters. The van der Waals surface area contributed by atoms with Crippen molar-refractivity contribution in [2.24, 2.45) is 17.8 Å². The van der Waals surface area contributed by atoms with Crippen molar-refractivity contribution in [2.75, 3.05) is 11.9 Å². The van der Waals surface area contributed by atoms with E-state index in [9.17, 15) is 14.4 Å². The van der Waals surface area contributed by atoms with Gasteiger partial charge in [0.05, 0.1) is 17.9 Å². The number of unbranched alkanes of at least 4 members (excludes halogenated alkanes) is 1. The Kier molecular flexibility index (Phi) is 6.47. The molecule has 7 heteroatoms. The Bertz CT molecular complexity index is 1040. The number of carbonyl (C=O) groups excluding carboxylic acids is 3. The van der Waals surface area contributed by atoms with Gasteiger partial charge in [0.2, 0.25) is 17.7 Å². The minimum Gasteiger partial charge on any atom is -0.359 e. The van der Waals surface area contributed by atoms with Crippen molar-refractivity contribution in [3.63, 3.8) is 0 Å². The van der Waals surface area contributed by atoms with Crippen molar-refractivity contribution in [3.05, 3.63) is 42.0 Å². The second kappa shape index (κ2) is 9.41. The summed E-state index contributed by atoms with van der Waals surface area (Å²) in [6.45, 7) is 6.71. The molecule has 188 valence electrons. The number of hydrogen-bond acceptors (Lipinski definition) is 4. The quantitative estimate of drug-likeness (QED) is 0.585. The molecule has 1 aliphatic carbocycles. The van der Waals surface area contributed by atoms with Gasteiger partial charge < -0.3 is 20.3 Å². The lowest BCUT2D eigenvalue weighted by Crippen LogP contribution is -2.57. The average molecular weight is 480 g/mol. The summed E-state index contributed by atoms with van der Waals surface area (Å²) in [6.07, 6.45) is 9.31. The molecule has 2 saturated heterocycles. The highest BCUT2D eigenvalue weighted by Crippen LogP contribution is 2.55. The zero-order chi connectivity index (χ0) is 24.7. The molecule has 5 rings (SSSR count). The standard InChI is InChI=1S/C28H37N3O4/c1-4-5-15-31-24(26(33)30-20-12-7-6-10-18(20)3)28-14-13-21(35-28)22(23(28)27(31)34)25(32)29-19-11-8-9-17(2)16-19/h8-9,11,13-14,16,18,20-24H,4-7,10,12,15H2,1-3H3,(H,29,32)(H,30,33)/t18-,20-,21+,22+,23+,24-,28-/m0/s1. The molecule has 3 aliphatic heterocycles. The third kappa shape index (κ3) is 4.07. The first-order valence-corrected chi connectivity index (χ1v) is 13.2. The van der Waals surface area contributed by atoms with Crippen LogP contribution in [0.4, 0.5) is 5.69 Å².